The summed E-state index contributed by atoms with van der Waals surface area (Å²) in [6.45, 7) is 6.32. The molecule has 2 aromatic heterocycles. The topological polar surface area (TPSA) is 60.1 Å². The summed E-state index contributed by atoms with van der Waals surface area (Å²) >= 11 is 0. The molecule has 0 bridgehead atoms. The van der Waals surface area contributed by atoms with E-state index < -0.39 is 0 Å². The lowest BCUT2D eigenvalue weighted by molar-refractivity contribution is 0.0995. The standard InChI is InChI=1S/C18H19N3O2/c1-12-9-10-16(23-12)18(22)19-17-13(2)20-21(14(17)3)11-15-7-5-4-6-8-15/h4-10H,11H2,1-3H3,(H,19,22). The lowest BCUT2D eigenvalue weighted by Gasteiger charge is -2.06. The molecule has 0 saturated carbocycles. The summed E-state index contributed by atoms with van der Waals surface area (Å²) in [4.78, 5) is 12.3. The Morgan fingerprint density at radius 2 is 1.87 bits per heavy atom. The normalized spacial score (nSPS) is 10.7. The van der Waals surface area contributed by atoms with E-state index in [0.29, 0.717) is 18.1 Å². The molecule has 1 N–H and O–H groups in total. The molecule has 0 saturated heterocycles. The van der Waals surface area contributed by atoms with Gasteiger partial charge in [-0.1, -0.05) is 30.3 Å². The summed E-state index contributed by atoms with van der Waals surface area (Å²) in [5, 5.41) is 7.43. The first-order valence-corrected chi connectivity index (χ1v) is 7.50. The molecule has 1 amide bonds. The average Bonchev–Trinajstić information content (AvgIpc) is 3.08. The Bertz CT molecular complexity index is 831. The summed E-state index contributed by atoms with van der Waals surface area (Å²) in [7, 11) is 0. The zero-order chi connectivity index (χ0) is 16.4. The quantitative estimate of drug-likeness (QED) is 0.799. The molecule has 0 radical (unpaired) electrons. The first kappa shape index (κ1) is 15.1. The van der Waals surface area contributed by atoms with Gasteiger partial charge in [-0.3, -0.25) is 9.48 Å². The molecule has 0 unspecified atom stereocenters. The van der Waals surface area contributed by atoms with Crippen LogP contribution in [-0.2, 0) is 6.54 Å². The average molecular weight is 309 g/mol. The zero-order valence-electron chi connectivity index (χ0n) is 13.5. The minimum Gasteiger partial charge on any atom is -0.456 e. The number of hydrogen-bond acceptors (Lipinski definition) is 3. The van der Waals surface area contributed by atoms with Gasteiger partial charge in [0, 0.05) is 0 Å². The number of amides is 1. The molecule has 5 nitrogen and oxygen atoms in total. The van der Waals surface area contributed by atoms with Crippen molar-refractivity contribution in [1.82, 2.24) is 9.78 Å². The number of carbonyl (C=O) groups is 1. The van der Waals surface area contributed by atoms with Crippen molar-refractivity contribution < 1.29 is 9.21 Å². The third kappa shape index (κ3) is 3.18. The molecule has 3 rings (SSSR count). The fraction of sp³-hybridized carbons (Fsp3) is 0.222. The molecule has 0 aliphatic carbocycles. The van der Waals surface area contributed by atoms with Crippen LogP contribution in [0.1, 0.15) is 33.3 Å². The highest BCUT2D eigenvalue weighted by Gasteiger charge is 2.17. The fourth-order valence-electron chi connectivity index (χ4n) is 2.52. The van der Waals surface area contributed by atoms with Crippen molar-refractivity contribution in [1.29, 1.82) is 0 Å². The molecule has 2 heterocycles. The molecular weight excluding hydrogens is 290 g/mol. The molecule has 1 aromatic carbocycles. The summed E-state index contributed by atoms with van der Waals surface area (Å²) in [5.74, 6) is 0.754. The van der Waals surface area contributed by atoms with Crippen LogP contribution in [0.15, 0.2) is 46.9 Å². The van der Waals surface area contributed by atoms with Crippen LogP contribution in [-0.4, -0.2) is 15.7 Å². The Balaban J connectivity index is 1.82. The van der Waals surface area contributed by atoms with Crippen LogP contribution in [0, 0.1) is 20.8 Å². The van der Waals surface area contributed by atoms with Gasteiger partial charge < -0.3 is 9.73 Å². The third-order valence-corrected chi connectivity index (χ3v) is 3.76. The molecular formula is C18H19N3O2. The second-order valence-electron chi connectivity index (χ2n) is 5.55. The third-order valence-electron chi connectivity index (χ3n) is 3.76. The van der Waals surface area contributed by atoms with E-state index in [1.165, 1.54) is 0 Å². The van der Waals surface area contributed by atoms with E-state index in [9.17, 15) is 4.79 Å². The fourth-order valence-corrected chi connectivity index (χ4v) is 2.52. The number of furan rings is 1. The SMILES string of the molecule is Cc1ccc(C(=O)Nc2c(C)nn(Cc3ccccc3)c2C)o1. The Morgan fingerprint density at radius 3 is 2.52 bits per heavy atom. The first-order valence-electron chi connectivity index (χ1n) is 7.50. The number of nitrogens with one attached hydrogen (secondary N) is 1. The van der Waals surface area contributed by atoms with E-state index >= 15 is 0 Å². The Morgan fingerprint density at radius 1 is 1.13 bits per heavy atom. The van der Waals surface area contributed by atoms with Gasteiger partial charge in [0.15, 0.2) is 5.76 Å². The first-order chi connectivity index (χ1) is 11.0. The van der Waals surface area contributed by atoms with Crippen molar-refractivity contribution in [3.8, 4) is 0 Å². The van der Waals surface area contributed by atoms with Crippen molar-refractivity contribution in [2.45, 2.75) is 27.3 Å². The van der Waals surface area contributed by atoms with Gasteiger partial charge >= 0.3 is 0 Å². The minimum atomic E-state index is -0.261. The molecule has 0 atom stereocenters. The number of aryl methyl sites for hydroxylation is 2. The van der Waals surface area contributed by atoms with E-state index in [0.717, 1.165) is 22.6 Å². The Kier molecular flexibility index (Phi) is 4.02. The lowest BCUT2D eigenvalue weighted by atomic mass is 10.2. The largest absolute Gasteiger partial charge is 0.456 e. The highest BCUT2D eigenvalue weighted by Crippen LogP contribution is 2.21. The van der Waals surface area contributed by atoms with Crippen LogP contribution in [0.5, 0.6) is 0 Å². The Hall–Kier alpha value is -2.82. The van der Waals surface area contributed by atoms with Gasteiger partial charge in [0.05, 0.1) is 23.6 Å². The van der Waals surface area contributed by atoms with Crippen molar-refractivity contribution in [2.75, 3.05) is 5.32 Å². The molecule has 0 fully saturated rings. The van der Waals surface area contributed by atoms with Crippen molar-refractivity contribution in [3.63, 3.8) is 0 Å². The smallest absolute Gasteiger partial charge is 0.291 e. The molecule has 118 valence electrons. The lowest BCUT2D eigenvalue weighted by Crippen LogP contribution is -2.12. The predicted molar refractivity (Wildman–Crippen MR) is 88.6 cm³/mol. The van der Waals surface area contributed by atoms with Crippen LogP contribution in [0.4, 0.5) is 5.69 Å². The van der Waals surface area contributed by atoms with E-state index in [1.807, 2.05) is 43.7 Å². The number of nitrogens with zero attached hydrogens (tertiary/aromatic N) is 2. The summed E-state index contributed by atoms with van der Waals surface area (Å²) in [5.41, 5.74) is 3.61. The maximum Gasteiger partial charge on any atom is 0.291 e. The van der Waals surface area contributed by atoms with Crippen LogP contribution < -0.4 is 5.32 Å². The second kappa shape index (κ2) is 6.12. The van der Waals surface area contributed by atoms with Crippen LogP contribution in [0.3, 0.4) is 0 Å². The van der Waals surface area contributed by atoms with Crippen LogP contribution >= 0.6 is 0 Å². The number of rotatable bonds is 4. The Labute approximate surface area is 134 Å². The minimum absolute atomic E-state index is 0.261. The number of benzene rings is 1. The van der Waals surface area contributed by atoms with E-state index in [-0.39, 0.29) is 5.91 Å². The number of carbonyl (C=O) groups excluding carboxylic acids is 1. The van der Waals surface area contributed by atoms with Gasteiger partial charge in [-0.25, -0.2) is 0 Å². The number of anilines is 1. The van der Waals surface area contributed by atoms with Crippen molar-refractivity contribution in [3.05, 3.63) is 70.9 Å². The molecule has 23 heavy (non-hydrogen) atoms. The van der Waals surface area contributed by atoms with E-state index in [2.05, 4.69) is 22.5 Å². The van der Waals surface area contributed by atoms with Crippen molar-refractivity contribution in [2.24, 2.45) is 0 Å². The molecule has 3 aromatic rings. The highest BCUT2D eigenvalue weighted by molar-refractivity contribution is 6.02. The van der Waals surface area contributed by atoms with Crippen LogP contribution in [0.2, 0.25) is 0 Å². The zero-order valence-corrected chi connectivity index (χ0v) is 13.5. The summed E-state index contributed by atoms with van der Waals surface area (Å²) < 4.78 is 7.26. The molecule has 0 aliphatic heterocycles. The second-order valence-corrected chi connectivity index (χ2v) is 5.55. The van der Waals surface area contributed by atoms with Gasteiger partial charge in [0.25, 0.3) is 5.91 Å². The molecule has 0 spiro atoms. The summed E-state index contributed by atoms with van der Waals surface area (Å²) in [6.07, 6.45) is 0. The van der Waals surface area contributed by atoms with E-state index in [4.69, 9.17) is 4.42 Å². The van der Waals surface area contributed by atoms with Gasteiger partial charge in [-0.2, -0.15) is 5.10 Å². The van der Waals surface area contributed by atoms with Gasteiger partial charge in [-0.05, 0) is 38.5 Å². The van der Waals surface area contributed by atoms with Crippen molar-refractivity contribution >= 4 is 11.6 Å². The summed E-state index contributed by atoms with van der Waals surface area (Å²) in [6, 6.07) is 13.5. The maximum atomic E-state index is 12.3. The number of hydrogen-bond donors (Lipinski definition) is 1. The maximum absolute atomic E-state index is 12.3. The van der Waals surface area contributed by atoms with Crippen LogP contribution in [0.25, 0.3) is 0 Å². The predicted octanol–water partition coefficient (Wildman–Crippen LogP) is 3.70. The number of aromatic nitrogens is 2. The monoisotopic (exact) mass is 309 g/mol. The van der Waals surface area contributed by atoms with Gasteiger partial charge in [0.1, 0.15) is 5.76 Å². The highest BCUT2D eigenvalue weighted by atomic mass is 16.3. The van der Waals surface area contributed by atoms with Gasteiger partial charge in [0.2, 0.25) is 0 Å². The van der Waals surface area contributed by atoms with Gasteiger partial charge in [-0.15, -0.1) is 0 Å². The molecule has 0 aliphatic rings. The molecule has 5 heteroatoms. The van der Waals surface area contributed by atoms with E-state index in [1.54, 1.807) is 12.1 Å².